The van der Waals surface area contributed by atoms with Crippen molar-refractivity contribution in [3.63, 3.8) is 0 Å². The van der Waals surface area contributed by atoms with E-state index in [0.717, 1.165) is 30.8 Å². The molecule has 1 heterocycles. The Bertz CT molecular complexity index is 695. The topological polar surface area (TPSA) is 50.4 Å². The maximum Gasteiger partial charge on any atom is 0.221 e. The van der Waals surface area contributed by atoms with Crippen molar-refractivity contribution in [2.75, 3.05) is 20.2 Å². The van der Waals surface area contributed by atoms with Gasteiger partial charge in [0.1, 0.15) is 5.75 Å². The van der Waals surface area contributed by atoms with E-state index in [1.165, 1.54) is 16.7 Å². The molecule has 24 heavy (non-hydrogen) atoms. The number of fused-ring (bicyclic) bond motifs is 1. The Morgan fingerprint density at radius 1 is 1.12 bits per heavy atom. The fourth-order valence-corrected chi connectivity index (χ4v) is 2.88. The molecule has 0 atom stereocenters. The lowest BCUT2D eigenvalue weighted by Crippen LogP contribution is -2.26. The van der Waals surface area contributed by atoms with Crippen LogP contribution in [0.5, 0.6) is 5.75 Å². The number of nitrogens with one attached hydrogen (secondary N) is 2. The molecule has 0 fully saturated rings. The highest BCUT2D eigenvalue weighted by Gasteiger charge is 2.11. The van der Waals surface area contributed by atoms with Crippen molar-refractivity contribution in [2.24, 2.45) is 0 Å². The van der Waals surface area contributed by atoms with Gasteiger partial charge in [-0.05, 0) is 54.3 Å². The van der Waals surface area contributed by atoms with Crippen molar-refractivity contribution >= 4 is 5.91 Å². The first-order valence-corrected chi connectivity index (χ1v) is 8.52. The number of hydrogen-bond donors (Lipinski definition) is 2. The van der Waals surface area contributed by atoms with Gasteiger partial charge in [0.2, 0.25) is 5.91 Å². The lowest BCUT2D eigenvalue weighted by molar-refractivity contribution is -0.121. The summed E-state index contributed by atoms with van der Waals surface area (Å²) in [6.07, 6.45) is 2.67. The lowest BCUT2D eigenvalue weighted by Gasteiger charge is -2.18. The zero-order valence-electron chi connectivity index (χ0n) is 14.1. The van der Waals surface area contributed by atoms with Crippen LogP contribution >= 0.6 is 0 Å². The largest absolute Gasteiger partial charge is 0.493 e. The van der Waals surface area contributed by atoms with Gasteiger partial charge in [-0.15, -0.1) is 0 Å². The quantitative estimate of drug-likeness (QED) is 0.859. The van der Waals surface area contributed by atoms with Gasteiger partial charge in [-0.25, -0.2) is 0 Å². The van der Waals surface area contributed by atoms with Gasteiger partial charge in [0.25, 0.3) is 0 Å². The third-order valence-electron chi connectivity index (χ3n) is 4.29. The minimum atomic E-state index is 0.0723. The highest BCUT2D eigenvalue weighted by Crippen LogP contribution is 2.30. The summed E-state index contributed by atoms with van der Waals surface area (Å²) in [6, 6.07) is 14.8. The molecule has 0 unspecified atom stereocenters. The maximum atomic E-state index is 11.6. The third kappa shape index (κ3) is 4.15. The molecular weight excluding hydrogens is 300 g/mol. The molecule has 0 aliphatic carbocycles. The highest BCUT2D eigenvalue weighted by molar-refractivity contribution is 5.76. The van der Waals surface area contributed by atoms with Crippen LogP contribution < -0.4 is 15.4 Å². The summed E-state index contributed by atoms with van der Waals surface area (Å²) < 4.78 is 5.67. The van der Waals surface area contributed by atoms with E-state index in [0.29, 0.717) is 19.5 Å². The predicted molar refractivity (Wildman–Crippen MR) is 96.1 cm³/mol. The number of ether oxygens (including phenoxy) is 1. The summed E-state index contributed by atoms with van der Waals surface area (Å²) in [5, 5.41) is 5.91. The number of rotatable bonds is 6. The standard InChI is InChI=1S/C20H24N2O2/c1-21-11-10-20(23)22-14-15-4-6-16(7-5-15)17-8-9-19-18(13-17)3-2-12-24-19/h4-9,13,21H,2-3,10-12,14H2,1H3,(H,22,23). The van der Waals surface area contributed by atoms with Crippen LogP contribution in [0.1, 0.15) is 24.0 Å². The number of aryl methyl sites for hydroxylation is 1. The van der Waals surface area contributed by atoms with Crippen LogP contribution in [0.25, 0.3) is 11.1 Å². The molecule has 0 aromatic heterocycles. The van der Waals surface area contributed by atoms with Crippen molar-refractivity contribution in [2.45, 2.75) is 25.8 Å². The third-order valence-corrected chi connectivity index (χ3v) is 4.29. The fourth-order valence-electron chi connectivity index (χ4n) is 2.88. The van der Waals surface area contributed by atoms with E-state index in [1.54, 1.807) is 0 Å². The molecule has 4 nitrogen and oxygen atoms in total. The molecule has 1 aliphatic rings. The number of amides is 1. The smallest absolute Gasteiger partial charge is 0.221 e. The van der Waals surface area contributed by atoms with Crippen LogP contribution in [0.3, 0.4) is 0 Å². The Balaban J connectivity index is 1.63. The van der Waals surface area contributed by atoms with E-state index in [1.807, 2.05) is 7.05 Å². The molecule has 2 N–H and O–H groups in total. The van der Waals surface area contributed by atoms with Crippen LogP contribution in [0, 0.1) is 0 Å². The number of hydrogen-bond acceptors (Lipinski definition) is 3. The van der Waals surface area contributed by atoms with Gasteiger partial charge in [0.15, 0.2) is 0 Å². The minimum absolute atomic E-state index is 0.0723. The van der Waals surface area contributed by atoms with Crippen LogP contribution in [-0.2, 0) is 17.8 Å². The molecule has 126 valence electrons. The molecule has 0 bridgehead atoms. The van der Waals surface area contributed by atoms with E-state index in [-0.39, 0.29) is 5.91 Å². The normalized spacial score (nSPS) is 13.0. The van der Waals surface area contributed by atoms with Crippen molar-refractivity contribution < 1.29 is 9.53 Å². The second kappa shape index (κ2) is 7.97. The summed E-state index contributed by atoms with van der Waals surface area (Å²) in [4.78, 5) is 11.6. The summed E-state index contributed by atoms with van der Waals surface area (Å²) in [7, 11) is 1.85. The fraction of sp³-hybridized carbons (Fsp3) is 0.350. The zero-order valence-corrected chi connectivity index (χ0v) is 14.1. The van der Waals surface area contributed by atoms with Crippen molar-refractivity contribution in [1.29, 1.82) is 0 Å². The second-order valence-electron chi connectivity index (χ2n) is 6.10. The summed E-state index contributed by atoms with van der Waals surface area (Å²) >= 11 is 0. The Labute approximate surface area is 143 Å². The average Bonchev–Trinajstić information content (AvgIpc) is 2.64. The average molecular weight is 324 g/mol. The van der Waals surface area contributed by atoms with Gasteiger partial charge in [-0.1, -0.05) is 30.3 Å². The molecule has 0 saturated heterocycles. The Morgan fingerprint density at radius 2 is 1.92 bits per heavy atom. The SMILES string of the molecule is CNCCC(=O)NCc1ccc(-c2ccc3c(c2)CCCO3)cc1. The Kier molecular flexibility index (Phi) is 5.49. The molecule has 3 rings (SSSR count). The van der Waals surface area contributed by atoms with Crippen LogP contribution in [0.4, 0.5) is 0 Å². The van der Waals surface area contributed by atoms with Crippen LogP contribution in [0.15, 0.2) is 42.5 Å². The van der Waals surface area contributed by atoms with E-state index in [4.69, 9.17) is 4.74 Å². The maximum absolute atomic E-state index is 11.6. The van der Waals surface area contributed by atoms with Crippen molar-refractivity contribution in [3.8, 4) is 16.9 Å². The summed E-state index contributed by atoms with van der Waals surface area (Å²) in [5.41, 5.74) is 4.80. The van der Waals surface area contributed by atoms with E-state index >= 15 is 0 Å². The predicted octanol–water partition coefficient (Wildman–Crippen LogP) is 2.90. The first-order chi connectivity index (χ1) is 11.8. The molecule has 0 saturated carbocycles. The first kappa shape index (κ1) is 16.5. The van der Waals surface area contributed by atoms with Gasteiger partial charge in [-0.3, -0.25) is 4.79 Å². The van der Waals surface area contributed by atoms with E-state index in [9.17, 15) is 4.79 Å². The van der Waals surface area contributed by atoms with E-state index in [2.05, 4.69) is 53.1 Å². The second-order valence-corrected chi connectivity index (χ2v) is 6.10. The molecule has 0 spiro atoms. The molecule has 4 heteroatoms. The molecule has 0 radical (unpaired) electrons. The zero-order chi connectivity index (χ0) is 16.8. The Hall–Kier alpha value is -2.33. The van der Waals surface area contributed by atoms with Gasteiger partial charge in [-0.2, -0.15) is 0 Å². The summed E-state index contributed by atoms with van der Waals surface area (Å²) in [5.74, 6) is 1.09. The number of carbonyl (C=O) groups is 1. The Morgan fingerprint density at radius 3 is 2.71 bits per heavy atom. The van der Waals surface area contributed by atoms with Gasteiger partial charge >= 0.3 is 0 Å². The van der Waals surface area contributed by atoms with E-state index < -0.39 is 0 Å². The molecule has 2 aromatic carbocycles. The van der Waals surface area contributed by atoms with Crippen LogP contribution in [-0.4, -0.2) is 26.1 Å². The first-order valence-electron chi connectivity index (χ1n) is 8.52. The number of carbonyl (C=O) groups excluding carboxylic acids is 1. The lowest BCUT2D eigenvalue weighted by atomic mass is 9.98. The van der Waals surface area contributed by atoms with Crippen molar-refractivity contribution in [3.05, 3.63) is 53.6 Å². The minimum Gasteiger partial charge on any atom is -0.493 e. The molecule has 1 aliphatic heterocycles. The van der Waals surface area contributed by atoms with Gasteiger partial charge < -0.3 is 15.4 Å². The molecule has 2 aromatic rings. The molecule has 1 amide bonds. The summed E-state index contributed by atoms with van der Waals surface area (Å²) in [6.45, 7) is 2.09. The van der Waals surface area contributed by atoms with Crippen molar-refractivity contribution in [1.82, 2.24) is 10.6 Å². The monoisotopic (exact) mass is 324 g/mol. The van der Waals surface area contributed by atoms with Gasteiger partial charge in [0, 0.05) is 19.5 Å². The number of benzene rings is 2. The highest BCUT2D eigenvalue weighted by atomic mass is 16.5. The van der Waals surface area contributed by atoms with Crippen LogP contribution in [0.2, 0.25) is 0 Å². The molecular formula is C20H24N2O2. The van der Waals surface area contributed by atoms with Gasteiger partial charge in [0.05, 0.1) is 6.61 Å².